The van der Waals surface area contributed by atoms with Gasteiger partial charge in [0, 0.05) is 43.7 Å². The molecule has 1 aromatic rings. The Hall–Kier alpha value is -0.810. The molecule has 1 fully saturated rings. The zero-order chi connectivity index (χ0) is 18.8. The van der Waals surface area contributed by atoms with Gasteiger partial charge in [0.15, 0.2) is 5.96 Å². The van der Waals surface area contributed by atoms with Gasteiger partial charge < -0.3 is 20.1 Å². The van der Waals surface area contributed by atoms with Gasteiger partial charge in [0.2, 0.25) is 0 Å². The maximum absolute atomic E-state index is 12.5. The molecule has 2 N–H and O–H groups in total. The second-order valence-electron chi connectivity index (χ2n) is 5.99. The Morgan fingerprint density at radius 3 is 2.63 bits per heavy atom. The molecule has 0 bridgehead atoms. The van der Waals surface area contributed by atoms with Crippen LogP contribution in [0.4, 0.5) is 8.78 Å². The summed E-state index contributed by atoms with van der Waals surface area (Å²) in [7, 11) is 1.69. The molecular formula is C18H28F2IN3O2S. The standard InChI is InChI=1S/C18H27F2N3O2S.HI/c1-3-26-18(8-10-24-11-9-18)13-23-17(21-2)22-12-14-6-4-5-7-15(14)25-16(19)20;/h4-7,16H,3,8-13H2,1-2H3,(H2,21,22,23);1H. The molecule has 0 radical (unpaired) electrons. The normalized spacial score (nSPS) is 16.6. The first-order chi connectivity index (χ1) is 12.6. The highest BCUT2D eigenvalue weighted by atomic mass is 127. The molecule has 0 atom stereocenters. The van der Waals surface area contributed by atoms with Crippen LogP contribution in [0.25, 0.3) is 0 Å². The molecule has 0 spiro atoms. The van der Waals surface area contributed by atoms with Crippen LogP contribution in [0.3, 0.4) is 0 Å². The molecule has 1 heterocycles. The van der Waals surface area contributed by atoms with Crippen molar-refractivity contribution in [3.8, 4) is 5.75 Å². The molecule has 1 aliphatic rings. The minimum atomic E-state index is -2.84. The SMILES string of the molecule is CCSC1(CNC(=NC)NCc2ccccc2OC(F)F)CCOCC1.I. The first kappa shape index (κ1) is 24.2. The van der Waals surface area contributed by atoms with E-state index < -0.39 is 6.61 Å². The summed E-state index contributed by atoms with van der Waals surface area (Å²) in [6.07, 6.45) is 2.00. The van der Waals surface area contributed by atoms with E-state index in [1.165, 1.54) is 6.07 Å². The Labute approximate surface area is 181 Å². The van der Waals surface area contributed by atoms with Crippen molar-refractivity contribution in [1.29, 1.82) is 0 Å². The Bertz CT molecular complexity index is 582. The van der Waals surface area contributed by atoms with Crippen molar-refractivity contribution in [1.82, 2.24) is 10.6 Å². The summed E-state index contributed by atoms with van der Waals surface area (Å²) >= 11 is 1.95. The Balaban J connectivity index is 0.00000364. The van der Waals surface area contributed by atoms with Crippen molar-refractivity contribution < 1.29 is 18.3 Å². The van der Waals surface area contributed by atoms with Crippen LogP contribution in [-0.4, -0.2) is 49.9 Å². The molecule has 9 heteroatoms. The summed E-state index contributed by atoms with van der Waals surface area (Å²) in [6.45, 7) is 2.00. The Morgan fingerprint density at radius 1 is 1.30 bits per heavy atom. The molecule has 27 heavy (non-hydrogen) atoms. The van der Waals surface area contributed by atoms with E-state index in [1.54, 1.807) is 25.2 Å². The van der Waals surface area contributed by atoms with E-state index >= 15 is 0 Å². The van der Waals surface area contributed by atoms with Gasteiger partial charge in [-0.1, -0.05) is 25.1 Å². The summed E-state index contributed by atoms with van der Waals surface area (Å²) in [6, 6.07) is 6.75. The Morgan fingerprint density at radius 2 is 2.00 bits per heavy atom. The predicted molar refractivity (Wildman–Crippen MR) is 118 cm³/mol. The van der Waals surface area contributed by atoms with E-state index in [9.17, 15) is 8.78 Å². The topological polar surface area (TPSA) is 54.9 Å². The number of nitrogens with one attached hydrogen (secondary N) is 2. The van der Waals surface area contributed by atoms with Gasteiger partial charge in [0.25, 0.3) is 0 Å². The fraction of sp³-hybridized carbons (Fsp3) is 0.611. The van der Waals surface area contributed by atoms with E-state index in [0.29, 0.717) is 18.1 Å². The summed E-state index contributed by atoms with van der Waals surface area (Å²) in [5, 5.41) is 6.54. The number of ether oxygens (including phenoxy) is 2. The second-order valence-corrected chi connectivity index (χ2v) is 7.73. The quantitative estimate of drug-likeness (QED) is 0.313. The lowest BCUT2D eigenvalue weighted by atomic mass is 9.99. The number of guanidine groups is 1. The van der Waals surface area contributed by atoms with E-state index in [-0.39, 0.29) is 34.5 Å². The summed E-state index contributed by atoms with van der Waals surface area (Å²) in [4.78, 5) is 4.23. The molecule has 0 saturated carbocycles. The summed E-state index contributed by atoms with van der Waals surface area (Å²) in [5.74, 6) is 1.86. The number of rotatable bonds is 8. The third-order valence-corrected chi connectivity index (χ3v) is 5.74. The minimum Gasteiger partial charge on any atom is -0.434 e. The maximum atomic E-state index is 12.5. The molecular weight excluding hydrogens is 487 g/mol. The number of halogens is 3. The number of para-hydroxylation sites is 1. The molecule has 0 amide bonds. The van der Waals surface area contributed by atoms with Gasteiger partial charge in [0.1, 0.15) is 5.75 Å². The fourth-order valence-electron chi connectivity index (χ4n) is 2.93. The third-order valence-electron chi connectivity index (χ3n) is 4.29. The van der Waals surface area contributed by atoms with Gasteiger partial charge in [-0.2, -0.15) is 20.5 Å². The highest BCUT2D eigenvalue weighted by Gasteiger charge is 2.32. The third kappa shape index (κ3) is 7.98. The highest BCUT2D eigenvalue weighted by Crippen LogP contribution is 2.34. The van der Waals surface area contributed by atoms with Crippen LogP contribution in [0, 0.1) is 0 Å². The average molecular weight is 515 g/mol. The number of aliphatic imine (C=N–C) groups is 1. The van der Waals surface area contributed by atoms with E-state index in [0.717, 1.165) is 38.4 Å². The van der Waals surface area contributed by atoms with Crippen LogP contribution in [0.5, 0.6) is 5.75 Å². The van der Waals surface area contributed by atoms with E-state index in [4.69, 9.17) is 4.74 Å². The number of thioether (sulfide) groups is 1. The molecule has 0 unspecified atom stereocenters. The lowest BCUT2D eigenvalue weighted by Crippen LogP contribution is -2.48. The van der Waals surface area contributed by atoms with Crippen LogP contribution in [0.2, 0.25) is 0 Å². The molecule has 0 aliphatic carbocycles. The lowest BCUT2D eigenvalue weighted by molar-refractivity contribution is -0.0504. The van der Waals surface area contributed by atoms with Crippen molar-refractivity contribution in [2.75, 3.05) is 32.6 Å². The van der Waals surface area contributed by atoms with Crippen LogP contribution >= 0.6 is 35.7 Å². The van der Waals surface area contributed by atoms with Gasteiger partial charge in [-0.25, -0.2) is 0 Å². The van der Waals surface area contributed by atoms with Gasteiger partial charge in [0.05, 0.1) is 0 Å². The fourth-order valence-corrected chi connectivity index (χ4v) is 4.17. The minimum absolute atomic E-state index is 0. The molecule has 2 rings (SSSR count). The van der Waals surface area contributed by atoms with E-state index in [1.807, 2.05) is 11.8 Å². The van der Waals surface area contributed by atoms with Crippen LogP contribution in [0.1, 0.15) is 25.3 Å². The Kier molecular flexibility index (Phi) is 11.3. The first-order valence-electron chi connectivity index (χ1n) is 8.77. The van der Waals surface area contributed by atoms with E-state index in [2.05, 4.69) is 27.3 Å². The zero-order valence-corrected chi connectivity index (χ0v) is 18.8. The summed E-state index contributed by atoms with van der Waals surface area (Å²) in [5.41, 5.74) is 0.652. The number of benzene rings is 1. The number of alkyl halides is 2. The second kappa shape index (κ2) is 12.6. The number of nitrogens with zero attached hydrogens (tertiary/aromatic N) is 1. The number of hydrogen-bond donors (Lipinski definition) is 2. The largest absolute Gasteiger partial charge is 0.434 e. The molecule has 0 aromatic heterocycles. The molecule has 1 aliphatic heterocycles. The van der Waals surface area contributed by atoms with Crippen molar-refractivity contribution >= 4 is 41.7 Å². The van der Waals surface area contributed by atoms with Gasteiger partial charge in [-0.15, -0.1) is 24.0 Å². The van der Waals surface area contributed by atoms with Gasteiger partial charge >= 0.3 is 6.61 Å². The maximum Gasteiger partial charge on any atom is 0.387 e. The van der Waals surface area contributed by atoms with Crippen molar-refractivity contribution in [2.24, 2.45) is 4.99 Å². The van der Waals surface area contributed by atoms with Crippen molar-refractivity contribution in [3.05, 3.63) is 29.8 Å². The molecule has 154 valence electrons. The van der Waals surface area contributed by atoms with Gasteiger partial charge in [-0.05, 0) is 24.7 Å². The van der Waals surface area contributed by atoms with Crippen LogP contribution in [-0.2, 0) is 11.3 Å². The zero-order valence-electron chi connectivity index (χ0n) is 15.7. The van der Waals surface area contributed by atoms with Crippen LogP contribution in [0.15, 0.2) is 29.3 Å². The lowest BCUT2D eigenvalue weighted by Gasteiger charge is -2.37. The predicted octanol–water partition coefficient (Wildman–Crippen LogP) is 3.87. The van der Waals surface area contributed by atoms with Gasteiger partial charge in [-0.3, -0.25) is 4.99 Å². The van der Waals surface area contributed by atoms with Crippen molar-refractivity contribution in [3.63, 3.8) is 0 Å². The summed E-state index contributed by atoms with van der Waals surface area (Å²) < 4.78 is 35.2. The average Bonchev–Trinajstić information content (AvgIpc) is 2.63. The smallest absolute Gasteiger partial charge is 0.387 e. The molecule has 5 nitrogen and oxygen atoms in total. The monoisotopic (exact) mass is 515 g/mol. The first-order valence-corrected chi connectivity index (χ1v) is 9.76. The van der Waals surface area contributed by atoms with Crippen LogP contribution < -0.4 is 15.4 Å². The number of hydrogen-bond acceptors (Lipinski definition) is 4. The molecule has 1 saturated heterocycles. The van der Waals surface area contributed by atoms with Crippen molar-refractivity contribution in [2.45, 2.75) is 37.7 Å². The molecule has 1 aromatic carbocycles. The highest BCUT2D eigenvalue weighted by molar-refractivity contribution is 14.0.